The molecule has 0 aromatic heterocycles. The fraction of sp³-hybridized carbons (Fsp3) is 0.429. The molecule has 9 heteroatoms. The van der Waals surface area contributed by atoms with Crippen LogP contribution < -0.4 is 0 Å². The van der Waals surface area contributed by atoms with Crippen molar-refractivity contribution < 1.29 is 17.6 Å². The first-order valence-electron chi connectivity index (χ1n) is 6.91. The first kappa shape index (κ1) is 16.7. The van der Waals surface area contributed by atoms with Gasteiger partial charge in [0.25, 0.3) is 5.91 Å². The molecular formula is C14H14ClFN2O3S2. The van der Waals surface area contributed by atoms with Gasteiger partial charge in [-0.1, -0.05) is 29.4 Å². The third kappa shape index (κ3) is 3.39. The summed E-state index contributed by atoms with van der Waals surface area (Å²) in [7, 11) is -1.30. The second-order valence-electron chi connectivity index (χ2n) is 5.58. The molecule has 0 radical (unpaired) electrons. The number of rotatable bonds is 2. The Balaban J connectivity index is 1.75. The highest BCUT2D eigenvalue weighted by Crippen LogP contribution is 2.37. The third-order valence-electron chi connectivity index (χ3n) is 3.94. The van der Waals surface area contributed by atoms with Crippen LogP contribution in [0, 0.1) is 5.82 Å². The number of hydrogen-bond donors (Lipinski definition) is 0. The van der Waals surface area contributed by atoms with Crippen molar-refractivity contribution in [3.63, 3.8) is 0 Å². The Morgan fingerprint density at radius 3 is 2.87 bits per heavy atom. The van der Waals surface area contributed by atoms with E-state index in [1.165, 1.54) is 30.0 Å². The number of thioether (sulfide) groups is 1. The van der Waals surface area contributed by atoms with Crippen molar-refractivity contribution >= 4 is 44.3 Å². The molecule has 23 heavy (non-hydrogen) atoms. The topological polar surface area (TPSA) is 66.8 Å². The summed E-state index contributed by atoms with van der Waals surface area (Å²) in [4.78, 5) is 17.8. The molecule has 1 amide bonds. The summed E-state index contributed by atoms with van der Waals surface area (Å²) in [5, 5.41) is 0.565. The van der Waals surface area contributed by atoms with Gasteiger partial charge in [-0.3, -0.25) is 4.79 Å². The lowest BCUT2D eigenvalue weighted by atomic mass is 10.1. The number of carbonyl (C=O) groups excluding carboxylic acids is 1. The van der Waals surface area contributed by atoms with Crippen LogP contribution in [0.25, 0.3) is 0 Å². The average Bonchev–Trinajstić information content (AvgIpc) is 2.89. The maximum absolute atomic E-state index is 13.7. The van der Waals surface area contributed by atoms with Gasteiger partial charge in [0, 0.05) is 22.9 Å². The van der Waals surface area contributed by atoms with Crippen LogP contribution >= 0.6 is 23.4 Å². The van der Waals surface area contributed by atoms with Crippen LogP contribution in [-0.2, 0) is 21.1 Å². The summed E-state index contributed by atoms with van der Waals surface area (Å²) in [6, 6.07) is 4.08. The number of halogens is 2. The molecule has 0 unspecified atom stereocenters. The van der Waals surface area contributed by atoms with Crippen molar-refractivity contribution in [3.05, 3.63) is 34.6 Å². The van der Waals surface area contributed by atoms with Crippen LogP contribution in [0.5, 0.6) is 0 Å². The zero-order valence-electron chi connectivity index (χ0n) is 12.2. The summed E-state index contributed by atoms with van der Waals surface area (Å²) in [6.45, 7) is 0. The molecule has 2 aliphatic rings. The van der Waals surface area contributed by atoms with E-state index in [-0.39, 0.29) is 39.8 Å². The normalized spacial score (nSPS) is 27.4. The Hall–Kier alpha value is -1.12. The molecule has 1 aromatic carbocycles. The number of hydrogen-bond acceptors (Lipinski definition) is 4. The SMILES string of the molecule is CN1C(=NC(=O)Cc2c(F)cccc2Cl)S[C@@H]2CS(=O)(=O)C[C@@H]21. The second kappa shape index (κ2) is 6.07. The Labute approximate surface area is 142 Å². The van der Waals surface area contributed by atoms with E-state index in [1.807, 2.05) is 0 Å². The summed E-state index contributed by atoms with van der Waals surface area (Å²) in [5.41, 5.74) is 0.122. The largest absolute Gasteiger partial charge is 0.349 e. The van der Waals surface area contributed by atoms with Gasteiger partial charge in [0.2, 0.25) is 0 Å². The molecule has 2 atom stereocenters. The van der Waals surface area contributed by atoms with Crippen LogP contribution in [0.4, 0.5) is 4.39 Å². The molecule has 2 aliphatic heterocycles. The Bertz CT molecular complexity index is 777. The van der Waals surface area contributed by atoms with Crippen LogP contribution in [0.3, 0.4) is 0 Å². The molecule has 2 saturated heterocycles. The fourth-order valence-electron chi connectivity index (χ4n) is 2.73. The Kier molecular flexibility index (Phi) is 4.41. The highest BCUT2D eigenvalue weighted by atomic mass is 35.5. The van der Waals surface area contributed by atoms with Gasteiger partial charge in [-0.2, -0.15) is 4.99 Å². The molecule has 0 spiro atoms. The van der Waals surface area contributed by atoms with Crippen molar-refractivity contribution in [2.24, 2.45) is 4.99 Å². The van der Waals surface area contributed by atoms with E-state index in [4.69, 9.17) is 11.6 Å². The Morgan fingerprint density at radius 1 is 1.48 bits per heavy atom. The number of aliphatic imine (C=N–C) groups is 1. The maximum atomic E-state index is 13.7. The minimum atomic E-state index is -3.02. The second-order valence-corrected chi connectivity index (χ2v) is 9.34. The molecule has 2 fully saturated rings. The number of benzene rings is 1. The van der Waals surface area contributed by atoms with E-state index in [9.17, 15) is 17.6 Å². The fourth-order valence-corrected chi connectivity index (χ4v) is 6.98. The van der Waals surface area contributed by atoms with Crippen molar-refractivity contribution in [2.75, 3.05) is 18.6 Å². The van der Waals surface area contributed by atoms with E-state index < -0.39 is 21.6 Å². The average molecular weight is 377 g/mol. The number of amides is 1. The molecular weight excluding hydrogens is 363 g/mol. The van der Waals surface area contributed by atoms with E-state index in [0.717, 1.165) is 0 Å². The van der Waals surface area contributed by atoms with Crippen LogP contribution in [0.1, 0.15) is 5.56 Å². The molecule has 5 nitrogen and oxygen atoms in total. The van der Waals surface area contributed by atoms with E-state index in [0.29, 0.717) is 5.17 Å². The lowest BCUT2D eigenvalue weighted by molar-refractivity contribution is -0.117. The minimum Gasteiger partial charge on any atom is -0.349 e. The number of amidine groups is 1. The van der Waals surface area contributed by atoms with Gasteiger partial charge in [0.1, 0.15) is 5.82 Å². The smallest absolute Gasteiger partial charge is 0.252 e. The third-order valence-corrected chi connectivity index (χ3v) is 7.59. The summed E-state index contributed by atoms with van der Waals surface area (Å²) in [5.74, 6) is -0.873. The zero-order valence-corrected chi connectivity index (χ0v) is 14.6. The van der Waals surface area contributed by atoms with E-state index in [1.54, 1.807) is 11.9 Å². The van der Waals surface area contributed by atoms with Crippen LogP contribution in [0.15, 0.2) is 23.2 Å². The molecule has 0 aliphatic carbocycles. The highest BCUT2D eigenvalue weighted by molar-refractivity contribution is 8.15. The molecule has 0 saturated carbocycles. The Morgan fingerprint density at radius 2 is 2.22 bits per heavy atom. The summed E-state index contributed by atoms with van der Waals surface area (Å²) < 4.78 is 37.0. The lowest BCUT2D eigenvalue weighted by Crippen LogP contribution is -2.34. The summed E-state index contributed by atoms with van der Waals surface area (Å²) >= 11 is 7.19. The molecule has 1 aromatic rings. The first-order valence-corrected chi connectivity index (χ1v) is 9.99. The van der Waals surface area contributed by atoms with Gasteiger partial charge >= 0.3 is 0 Å². The van der Waals surface area contributed by atoms with E-state index in [2.05, 4.69) is 4.99 Å². The van der Waals surface area contributed by atoms with Gasteiger partial charge in [0.05, 0.1) is 24.0 Å². The van der Waals surface area contributed by atoms with Gasteiger partial charge in [-0.15, -0.1) is 0 Å². The minimum absolute atomic E-state index is 0.0769. The van der Waals surface area contributed by atoms with Crippen molar-refractivity contribution in [2.45, 2.75) is 17.7 Å². The highest BCUT2D eigenvalue weighted by Gasteiger charge is 2.47. The predicted octanol–water partition coefficient (Wildman–Crippen LogP) is 1.75. The van der Waals surface area contributed by atoms with Crippen molar-refractivity contribution in [1.82, 2.24) is 4.90 Å². The number of fused-ring (bicyclic) bond motifs is 1. The number of carbonyl (C=O) groups is 1. The molecule has 124 valence electrons. The molecule has 0 bridgehead atoms. The van der Waals surface area contributed by atoms with Crippen molar-refractivity contribution in [1.29, 1.82) is 0 Å². The van der Waals surface area contributed by atoms with E-state index >= 15 is 0 Å². The first-order chi connectivity index (χ1) is 10.8. The van der Waals surface area contributed by atoms with Gasteiger partial charge < -0.3 is 4.90 Å². The van der Waals surface area contributed by atoms with Gasteiger partial charge in [0.15, 0.2) is 15.0 Å². The number of nitrogens with zero attached hydrogens (tertiary/aromatic N) is 2. The van der Waals surface area contributed by atoms with Gasteiger partial charge in [-0.25, -0.2) is 12.8 Å². The summed E-state index contributed by atoms with van der Waals surface area (Å²) in [6.07, 6.45) is -0.225. The monoisotopic (exact) mass is 376 g/mol. The molecule has 2 heterocycles. The standard InChI is InChI=1S/C14H14ClFN2O3S2/c1-18-11-6-23(20,21)7-12(11)22-14(18)17-13(19)5-8-9(15)3-2-4-10(8)16/h2-4,11-12H,5-7H2,1H3/t11-,12+/m0/s1. The zero-order chi connectivity index (χ0) is 16.8. The van der Waals surface area contributed by atoms with Gasteiger partial charge in [-0.05, 0) is 12.1 Å². The van der Waals surface area contributed by atoms with Crippen molar-refractivity contribution in [3.8, 4) is 0 Å². The van der Waals surface area contributed by atoms with Crippen LogP contribution in [-0.4, -0.2) is 54.2 Å². The lowest BCUT2D eigenvalue weighted by Gasteiger charge is -2.17. The molecule has 3 rings (SSSR count). The maximum Gasteiger partial charge on any atom is 0.252 e. The predicted molar refractivity (Wildman–Crippen MR) is 89.1 cm³/mol. The molecule has 0 N–H and O–H groups in total. The van der Waals surface area contributed by atoms with Crippen LogP contribution in [0.2, 0.25) is 5.02 Å². The quantitative estimate of drug-likeness (QED) is 0.786. The number of sulfone groups is 1.